The summed E-state index contributed by atoms with van der Waals surface area (Å²) in [6.45, 7) is 7.38. The van der Waals surface area contributed by atoms with E-state index in [0.717, 1.165) is 13.0 Å². The van der Waals surface area contributed by atoms with Gasteiger partial charge >= 0.3 is 0 Å². The Bertz CT molecular complexity index is 93.6. The molecule has 0 rings (SSSR count). The van der Waals surface area contributed by atoms with Crippen molar-refractivity contribution in [3.8, 4) is 0 Å². The van der Waals surface area contributed by atoms with Crippen LogP contribution in [0, 0.1) is 0 Å². The minimum absolute atomic E-state index is 0.347. The van der Waals surface area contributed by atoms with E-state index in [9.17, 15) is 0 Å². The fourth-order valence-corrected chi connectivity index (χ4v) is 1.05. The Morgan fingerprint density at radius 3 is 2.09 bits per heavy atom. The fourth-order valence-electron chi connectivity index (χ4n) is 1.05. The Balaban J connectivity index is 3.43. The first-order valence-corrected chi connectivity index (χ1v) is 4.36. The van der Waals surface area contributed by atoms with E-state index >= 15 is 0 Å². The van der Waals surface area contributed by atoms with Gasteiger partial charge in [-0.25, -0.2) is 0 Å². The summed E-state index contributed by atoms with van der Waals surface area (Å²) in [6.07, 6.45) is 1.84. The highest BCUT2D eigenvalue weighted by atomic mass is 16.5. The lowest BCUT2D eigenvalue weighted by atomic mass is 10.3. The summed E-state index contributed by atoms with van der Waals surface area (Å²) < 4.78 is 5.67. The van der Waals surface area contributed by atoms with Gasteiger partial charge in [-0.3, -0.25) is 0 Å². The topological polar surface area (TPSA) is 12.5 Å². The lowest BCUT2D eigenvalue weighted by Crippen LogP contribution is -2.28. The van der Waals surface area contributed by atoms with Crippen molar-refractivity contribution in [1.82, 2.24) is 4.90 Å². The maximum Gasteiger partial charge on any atom is 0.0677 e. The minimum Gasteiger partial charge on any atom is -0.374 e. The van der Waals surface area contributed by atoms with Gasteiger partial charge in [0.05, 0.1) is 12.2 Å². The number of hydrogen-bond acceptors (Lipinski definition) is 2. The SMILES string of the molecule is CCC(C)OC(C)CN(C)C. The van der Waals surface area contributed by atoms with Gasteiger partial charge in [0.1, 0.15) is 0 Å². The van der Waals surface area contributed by atoms with E-state index in [1.807, 2.05) is 0 Å². The highest BCUT2D eigenvalue weighted by Gasteiger charge is 2.06. The van der Waals surface area contributed by atoms with E-state index in [2.05, 4.69) is 39.8 Å². The Labute approximate surface area is 70.5 Å². The molecular weight excluding hydrogens is 138 g/mol. The summed E-state index contributed by atoms with van der Waals surface area (Å²) in [7, 11) is 4.13. The molecule has 0 aliphatic rings. The molecule has 2 atom stereocenters. The van der Waals surface area contributed by atoms with Crippen molar-refractivity contribution in [3.63, 3.8) is 0 Å². The third kappa shape index (κ3) is 6.32. The normalized spacial score (nSPS) is 16.9. The molecule has 0 aromatic rings. The quantitative estimate of drug-likeness (QED) is 0.606. The van der Waals surface area contributed by atoms with E-state index in [4.69, 9.17) is 4.74 Å². The highest BCUT2D eigenvalue weighted by molar-refractivity contribution is 4.56. The molecule has 68 valence electrons. The van der Waals surface area contributed by atoms with Crippen LogP contribution >= 0.6 is 0 Å². The second-order valence-electron chi connectivity index (χ2n) is 3.43. The third-order valence-corrected chi connectivity index (χ3v) is 1.66. The van der Waals surface area contributed by atoms with Crippen molar-refractivity contribution < 1.29 is 4.74 Å². The van der Waals surface area contributed by atoms with E-state index in [1.54, 1.807) is 0 Å². The standard InChI is InChI=1S/C9H21NO/c1-6-8(2)11-9(3)7-10(4)5/h8-9H,6-7H2,1-5H3. The highest BCUT2D eigenvalue weighted by Crippen LogP contribution is 2.01. The molecule has 0 aliphatic carbocycles. The predicted molar refractivity (Wildman–Crippen MR) is 48.9 cm³/mol. The van der Waals surface area contributed by atoms with Crippen LogP contribution in [0.4, 0.5) is 0 Å². The van der Waals surface area contributed by atoms with E-state index in [-0.39, 0.29) is 0 Å². The maximum absolute atomic E-state index is 5.67. The molecule has 0 amide bonds. The number of ether oxygens (including phenoxy) is 1. The summed E-state index contributed by atoms with van der Waals surface area (Å²) >= 11 is 0. The number of nitrogens with zero attached hydrogens (tertiary/aromatic N) is 1. The van der Waals surface area contributed by atoms with Crippen LogP contribution in [-0.2, 0) is 4.74 Å². The van der Waals surface area contributed by atoms with Crippen molar-refractivity contribution in [2.45, 2.75) is 39.4 Å². The van der Waals surface area contributed by atoms with Crippen LogP contribution in [0.1, 0.15) is 27.2 Å². The monoisotopic (exact) mass is 159 g/mol. The molecule has 0 saturated heterocycles. The first-order chi connectivity index (χ1) is 5.06. The Morgan fingerprint density at radius 2 is 1.73 bits per heavy atom. The molecule has 2 unspecified atom stereocenters. The van der Waals surface area contributed by atoms with Gasteiger partial charge in [-0.1, -0.05) is 6.92 Å². The van der Waals surface area contributed by atoms with Gasteiger partial charge < -0.3 is 9.64 Å². The van der Waals surface area contributed by atoms with Crippen molar-refractivity contribution >= 4 is 0 Å². The first-order valence-electron chi connectivity index (χ1n) is 4.36. The molecule has 2 heteroatoms. The average Bonchev–Trinajstić information content (AvgIpc) is 1.85. The Kier molecular flexibility index (Phi) is 5.51. The molecule has 0 aromatic heterocycles. The maximum atomic E-state index is 5.67. The largest absolute Gasteiger partial charge is 0.374 e. The molecule has 0 saturated carbocycles. The van der Waals surface area contributed by atoms with E-state index in [0.29, 0.717) is 12.2 Å². The van der Waals surface area contributed by atoms with E-state index in [1.165, 1.54) is 0 Å². The lowest BCUT2D eigenvalue weighted by Gasteiger charge is -2.20. The zero-order chi connectivity index (χ0) is 8.85. The molecule has 11 heavy (non-hydrogen) atoms. The zero-order valence-corrected chi connectivity index (χ0v) is 8.42. The van der Waals surface area contributed by atoms with Crippen LogP contribution in [0.2, 0.25) is 0 Å². The van der Waals surface area contributed by atoms with Gasteiger partial charge in [0.15, 0.2) is 0 Å². The van der Waals surface area contributed by atoms with Gasteiger partial charge in [0.25, 0.3) is 0 Å². The third-order valence-electron chi connectivity index (χ3n) is 1.66. The zero-order valence-electron chi connectivity index (χ0n) is 8.42. The van der Waals surface area contributed by atoms with Crippen LogP contribution in [0.5, 0.6) is 0 Å². The smallest absolute Gasteiger partial charge is 0.0677 e. The lowest BCUT2D eigenvalue weighted by molar-refractivity contribution is -0.00493. The van der Waals surface area contributed by atoms with Crippen LogP contribution in [0.3, 0.4) is 0 Å². The summed E-state index contributed by atoms with van der Waals surface area (Å²) in [6, 6.07) is 0. The van der Waals surface area contributed by atoms with Crippen LogP contribution in [0.25, 0.3) is 0 Å². The van der Waals surface area contributed by atoms with Gasteiger partial charge in [-0.2, -0.15) is 0 Å². The molecule has 0 radical (unpaired) electrons. The molecule has 0 spiro atoms. The average molecular weight is 159 g/mol. The molecule has 0 fully saturated rings. The van der Waals surface area contributed by atoms with Gasteiger partial charge in [-0.15, -0.1) is 0 Å². The van der Waals surface area contributed by atoms with Gasteiger partial charge in [0.2, 0.25) is 0 Å². The molecule has 0 N–H and O–H groups in total. The molecule has 0 aromatic carbocycles. The van der Waals surface area contributed by atoms with Crippen LogP contribution in [0.15, 0.2) is 0 Å². The Morgan fingerprint density at radius 1 is 1.18 bits per heavy atom. The summed E-state index contributed by atoms with van der Waals surface area (Å²) in [4.78, 5) is 2.15. The number of rotatable bonds is 5. The molecule has 0 heterocycles. The van der Waals surface area contributed by atoms with Crippen molar-refractivity contribution in [2.24, 2.45) is 0 Å². The molecule has 0 bridgehead atoms. The predicted octanol–water partition coefficient (Wildman–Crippen LogP) is 1.75. The second-order valence-corrected chi connectivity index (χ2v) is 3.43. The number of likely N-dealkylation sites (N-methyl/N-ethyl adjacent to an activating group) is 1. The molecule has 2 nitrogen and oxygen atoms in total. The minimum atomic E-state index is 0.347. The summed E-state index contributed by atoms with van der Waals surface area (Å²) in [5.41, 5.74) is 0. The first kappa shape index (κ1) is 10.9. The van der Waals surface area contributed by atoms with Crippen LogP contribution < -0.4 is 0 Å². The summed E-state index contributed by atoms with van der Waals surface area (Å²) in [5.74, 6) is 0. The van der Waals surface area contributed by atoms with Crippen LogP contribution in [-0.4, -0.2) is 37.7 Å². The second kappa shape index (κ2) is 5.56. The number of hydrogen-bond donors (Lipinski definition) is 0. The van der Waals surface area contributed by atoms with Crippen molar-refractivity contribution in [3.05, 3.63) is 0 Å². The molecular formula is C9H21NO. The van der Waals surface area contributed by atoms with E-state index < -0.39 is 0 Å². The van der Waals surface area contributed by atoms with Crippen molar-refractivity contribution in [1.29, 1.82) is 0 Å². The fraction of sp³-hybridized carbons (Fsp3) is 1.00. The van der Waals surface area contributed by atoms with Crippen molar-refractivity contribution in [2.75, 3.05) is 20.6 Å². The van der Waals surface area contributed by atoms with Gasteiger partial charge in [0, 0.05) is 6.54 Å². The summed E-state index contributed by atoms with van der Waals surface area (Å²) in [5, 5.41) is 0. The molecule has 0 aliphatic heterocycles. The Hall–Kier alpha value is -0.0800. The van der Waals surface area contributed by atoms with Gasteiger partial charge in [-0.05, 0) is 34.4 Å².